The van der Waals surface area contributed by atoms with Gasteiger partial charge in [-0.2, -0.15) is 0 Å². The minimum absolute atomic E-state index is 0.0267. The Hall–Kier alpha value is -1.46. The van der Waals surface area contributed by atoms with Crippen molar-refractivity contribution in [1.29, 1.82) is 0 Å². The summed E-state index contributed by atoms with van der Waals surface area (Å²) in [5.41, 5.74) is 1.13. The molecule has 1 aromatic heterocycles. The Morgan fingerprint density at radius 1 is 1.29 bits per heavy atom. The lowest BCUT2D eigenvalue weighted by molar-refractivity contribution is -0.133. The highest BCUT2D eigenvalue weighted by Gasteiger charge is 2.46. The summed E-state index contributed by atoms with van der Waals surface area (Å²) in [4.78, 5) is 20.8. The number of aliphatic hydroxyl groups excluding tert-OH is 1. The number of carbonyl (C=O) groups excluding carboxylic acids is 1. The van der Waals surface area contributed by atoms with Gasteiger partial charge in [0.25, 0.3) is 0 Å². The molecule has 5 nitrogen and oxygen atoms in total. The van der Waals surface area contributed by atoms with Crippen molar-refractivity contribution in [3.8, 4) is 0 Å². The molecule has 0 atom stereocenters. The third-order valence-corrected chi connectivity index (χ3v) is 4.94. The highest BCUT2D eigenvalue weighted by Crippen LogP contribution is 2.39. The first-order valence-electron chi connectivity index (χ1n) is 7.76. The maximum Gasteiger partial charge on any atom is 0.223 e. The highest BCUT2D eigenvalue weighted by atomic mass is 16.3. The van der Waals surface area contributed by atoms with Crippen LogP contribution in [0.15, 0.2) is 24.5 Å². The fraction of sp³-hybridized carbons (Fsp3) is 0.625. The van der Waals surface area contributed by atoms with Gasteiger partial charge in [0.15, 0.2) is 0 Å². The number of carbonyl (C=O) groups is 1. The van der Waals surface area contributed by atoms with Crippen LogP contribution in [0.3, 0.4) is 0 Å². The van der Waals surface area contributed by atoms with Crippen LogP contribution >= 0.6 is 0 Å². The minimum Gasteiger partial charge on any atom is -0.395 e. The SMILES string of the molecule is O=C1CCC2(CCN(CCO)CC2)N1Cc1cccnc1. The van der Waals surface area contributed by atoms with E-state index >= 15 is 0 Å². The van der Waals surface area contributed by atoms with Crippen LogP contribution in [-0.4, -0.2) is 57.6 Å². The lowest BCUT2D eigenvalue weighted by atomic mass is 9.84. The van der Waals surface area contributed by atoms with Crippen LogP contribution in [0.2, 0.25) is 0 Å². The number of amides is 1. The summed E-state index contributed by atoms with van der Waals surface area (Å²) in [6, 6.07) is 3.96. The molecule has 1 spiro atoms. The van der Waals surface area contributed by atoms with Gasteiger partial charge in [0, 0.05) is 50.5 Å². The number of hydrogen-bond donors (Lipinski definition) is 1. The minimum atomic E-state index is 0.0267. The van der Waals surface area contributed by atoms with E-state index in [-0.39, 0.29) is 18.1 Å². The third-order valence-electron chi connectivity index (χ3n) is 4.94. The van der Waals surface area contributed by atoms with Crippen molar-refractivity contribution < 1.29 is 9.90 Å². The van der Waals surface area contributed by atoms with E-state index in [0.29, 0.717) is 13.0 Å². The number of hydrogen-bond acceptors (Lipinski definition) is 4. The van der Waals surface area contributed by atoms with E-state index < -0.39 is 0 Å². The van der Waals surface area contributed by atoms with Crippen molar-refractivity contribution in [3.63, 3.8) is 0 Å². The molecular weight excluding hydrogens is 266 g/mol. The molecular formula is C16H23N3O2. The van der Waals surface area contributed by atoms with E-state index in [0.717, 1.165) is 44.5 Å². The highest BCUT2D eigenvalue weighted by molar-refractivity contribution is 5.79. The first-order chi connectivity index (χ1) is 10.2. The van der Waals surface area contributed by atoms with Gasteiger partial charge in [0.1, 0.15) is 0 Å². The molecule has 0 aromatic carbocycles. The van der Waals surface area contributed by atoms with Gasteiger partial charge in [0.05, 0.1) is 6.61 Å². The van der Waals surface area contributed by atoms with E-state index in [1.165, 1.54) is 0 Å². The van der Waals surface area contributed by atoms with Gasteiger partial charge in [0.2, 0.25) is 5.91 Å². The van der Waals surface area contributed by atoms with Crippen LogP contribution < -0.4 is 0 Å². The van der Waals surface area contributed by atoms with E-state index in [2.05, 4.69) is 14.8 Å². The van der Waals surface area contributed by atoms with Crippen molar-refractivity contribution in [3.05, 3.63) is 30.1 Å². The van der Waals surface area contributed by atoms with Gasteiger partial charge < -0.3 is 14.9 Å². The number of nitrogens with zero attached hydrogens (tertiary/aromatic N) is 3. The average Bonchev–Trinajstić information content (AvgIpc) is 2.81. The number of aliphatic hydroxyl groups is 1. The maximum absolute atomic E-state index is 12.3. The predicted molar refractivity (Wildman–Crippen MR) is 79.5 cm³/mol. The summed E-state index contributed by atoms with van der Waals surface area (Å²) < 4.78 is 0. The van der Waals surface area contributed by atoms with Crippen molar-refractivity contribution in [1.82, 2.24) is 14.8 Å². The fourth-order valence-corrected chi connectivity index (χ4v) is 3.66. The van der Waals surface area contributed by atoms with Crippen LogP contribution in [-0.2, 0) is 11.3 Å². The van der Waals surface area contributed by atoms with Gasteiger partial charge in [-0.15, -0.1) is 0 Å². The lowest BCUT2D eigenvalue weighted by Gasteiger charge is -2.45. The second-order valence-electron chi connectivity index (χ2n) is 6.13. The lowest BCUT2D eigenvalue weighted by Crippen LogP contribution is -2.53. The Labute approximate surface area is 125 Å². The second-order valence-corrected chi connectivity index (χ2v) is 6.13. The Morgan fingerprint density at radius 3 is 2.76 bits per heavy atom. The Bertz CT molecular complexity index is 484. The molecule has 21 heavy (non-hydrogen) atoms. The molecule has 3 rings (SSSR count). The number of rotatable bonds is 4. The summed E-state index contributed by atoms with van der Waals surface area (Å²) in [6.07, 6.45) is 7.27. The molecule has 2 aliphatic heterocycles. The molecule has 2 fully saturated rings. The summed E-state index contributed by atoms with van der Waals surface area (Å²) in [7, 11) is 0. The van der Waals surface area contributed by atoms with Gasteiger partial charge in [-0.3, -0.25) is 9.78 Å². The standard InChI is InChI=1S/C16H23N3O2/c20-11-10-18-8-5-16(6-9-18)4-3-15(21)19(16)13-14-2-1-7-17-12-14/h1-2,7,12,20H,3-6,8-11,13H2. The zero-order valence-corrected chi connectivity index (χ0v) is 12.4. The normalized spacial score (nSPS) is 22.1. The first-order valence-corrected chi connectivity index (χ1v) is 7.76. The molecule has 0 aliphatic carbocycles. The van der Waals surface area contributed by atoms with E-state index in [4.69, 9.17) is 5.11 Å². The van der Waals surface area contributed by atoms with Crippen LogP contribution in [0.25, 0.3) is 0 Å². The number of aromatic nitrogens is 1. The molecule has 1 amide bonds. The van der Waals surface area contributed by atoms with Crippen LogP contribution in [0.5, 0.6) is 0 Å². The largest absolute Gasteiger partial charge is 0.395 e. The summed E-state index contributed by atoms with van der Waals surface area (Å²) in [6.45, 7) is 3.57. The topological polar surface area (TPSA) is 56.7 Å². The first kappa shape index (κ1) is 14.5. The molecule has 5 heteroatoms. The molecule has 1 aromatic rings. The van der Waals surface area contributed by atoms with Crippen molar-refractivity contribution in [2.45, 2.75) is 37.8 Å². The van der Waals surface area contributed by atoms with Gasteiger partial charge >= 0.3 is 0 Å². The molecule has 0 bridgehead atoms. The van der Waals surface area contributed by atoms with E-state index in [1.54, 1.807) is 6.20 Å². The van der Waals surface area contributed by atoms with E-state index in [9.17, 15) is 4.79 Å². The van der Waals surface area contributed by atoms with Crippen molar-refractivity contribution >= 4 is 5.91 Å². The van der Waals surface area contributed by atoms with Crippen molar-refractivity contribution in [2.75, 3.05) is 26.2 Å². The quantitative estimate of drug-likeness (QED) is 0.899. The number of β-amino-alcohol motifs (C(OH)–C–C–N with tert-alkyl or cyclic N) is 1. The summed E-state index contributed by atoms with van der Waals surface area (Å²) >= 11 is 0. The Kier molecular flexibility index (Phi) is 4.22. The Balaban J connectivity index is 1.71. The zero-order chi connectivity index (χ0) is 14.7. The van der Waals surface area contributed by atoms with Gasteiger partial charge in [-0.05, 0) is 30.9 Å². The zero-order valence-electron chi connectivity index (χ0n) is 12.4. The number of piperidine rings is 1. The van der Waals surface area contributed by atoms with Crippen LogP contribution in [0.1, 0.15) is 31.2 Å². The molecule has 114 valence electrons. The molecule has 0 radical (unpaired) electrons. The molecule has 0 saturated carbocycles. The summed E-state index contributed by atoms with van der Waals surface area (Å²) in [5.74, 6) is 0.273. The van der Waals surface area contributed by atoms with Gasteiger partial charge in [-0.25, -0.2) is 0 Å². The number of pyridine rings is 1. The molecule has 3 heterocycles. The second kappa shape index (κ2) is 6.12. The number of likely N-dealkylation sites (tertiary alicyclic amines) is 2. The molecule has 0 unspecified atom stereocenters. The third kappa shape index (κ3) is 2.94. The predicted octanol–water partition coefficient (Wildman–Crippen LogP) is 1.03. The monoisotopic (exact) mass is 289 g/mol. The van der Waals surface area contributed by atoms with Crippen molar-refractivity contribution in [2.24, 2.45) is 0 Å². The smallest absolute Gasteiger partial charge is 0.223 e. The van der Waals surface area contributed by atoms with Crippen LogP contribution in [0.4, 0.5) is 0 Å². The van der Waals surface area contributed by atoms with Crippen LogP contribution in [0, 0.1) is 0 Å². The Morgan fingerprint density at radius 2 is 2.10 bits per heavy atom. The molecule has 1 N–H and O–H groups in total. The van der Waals surface area contributed by atoms with Gasteiger partial charge in [-0.1, -0.05) is 6.07 Å². The summed E-state index contributed by atoms with van der Waals surface area (Å²) in [5, 5.41) is 9.05. The molecule has 2 aliphatic rings. The van der Waals surface area contributed by atoms with E-state index in [1.807, 2.05) is 18.3 Å². The average molecular weight is 289 g/mol. The molecule has 2 saturated heterocycles. The maximum atomic E-state index is 12.3. The fourth-order valence-electron chi connectivity index (χ4n) is 3.66.